The molecule has 0 bridgehead atoms. The molecular weight excluding hydrogens is 330 g/mol. The van der Waals surface area contributed by atoms with E-state index in [1.165, 1.54) is 7.11 Å². The molecule has 134 valence electrons. The van der Waals surface area contributed by atoms with Crippen LogP contribution in [-0.2, 0) is 20.9 Å². The fourth-order valence-electron chi connectivity index (χ4n) is 2.92. The van der Waals surface area contributed by atoms with Gasteiger partial charge in [-0.2, -0.15) is 0 Å². The second-order valence-electron chi connectivity index (χ2n) is 6.02. The van der Waals surface area contributed by atoms with Crippen LogP contribution in [0.25, 0.3) is 0 Å². The van der Waals surface area contributed by atoms with Gasteiger partial charge in [-0.1, -0.05) is 0 Å². The molecule has 1 aromatic heterocycles. The van der Waals surface area contributed by atoms with Gasteiger partial charge in [-0.25, -0.2) is 0 Å². The molecule has 0 aliphatic carbocycles. The van der Waals surface area contributed by atoms with Gasteiger partial charge in [0.2, 0.25) is 5.91 Å². The van der Waals surface area contributed by atoms with Gasteiger partial charge in [-0.3, -0.25) is 14.6 Å². The van der Waals surface area contributed by atoms with Crippen molar-refractivity contribution < 1.29 is 14.3 Å². The number of ether oxygens (including phenoxy) is 1. The van der Waals surface area contributed by atoms with Gasteiger partial charge < -0.3 is 15.0 Å². The van der Waals surface area contributed by atoms with E-state index in [1.54, 1.807) is 17.3 Å². The van der Waals surface area contributed by atoms with Crippen molar-refractivity contribution in [1.82, 2.24) is 15.2 Å². The molecule has 1 aromatic rings. The molecule has 1 amide bonds. The van der Waals surface area contributed by atoms with E-state index in [1.807, 2.05) is 12.1 Å². The zero-order valence-corrected chi connectivity index (χ0v) is 15.1. The zero-order valence-electron chi connectivity index (χ0n) is 14.2. The van der Waals surface area contributed by atoms with Crippen molar-refractivity contribution in [2.45, 2.75) is 38.8 Å². The minimum atomic E-state index is -0.295. The first-order valence-electron chi connectivity index (χ1n) is 8.08. The largest absolute Gasteiger partial charge is 0.469 e. The normalized spacial score (nSPS) is 19.9. The lowest BCUT2D eigenvalue weighted by atomic mass is 9.92. The molecule has 6 nitrogen and oxygen atoms in total. The molecule has 1 fully saturated rings. The van der Waals surface area contributed by atoms with Gasteiger partial charge in [-0.05, 0) is 44.0 Å². The van der Waals surface area contributed by atoms with Crippen LogP contribution in [0.15, 0.2) is 24.5 Å². The molecule has 0 radical (unpaired) electrons. The van der Waals surface area contributed by atoms with E-state index in [-0.39, 0.29) is 36.6 Å². The summed E-state index contributed by atoms with van der Waals surface area (Å²) < 4.78 is 4.70. The fourth-order valence-corrected chi connectivity index (χ4v) is 2.92. The number of amides is 1. The Kier molecular flexibility index (Phi) is 8.71. The van der Waals surface area contributed by atoms with Gasteiger partial charge >= 0.3 is 5.97 Å². The number of hydrogen-bond acceptors (Lipinski definition) is 5. The highest BCUT2D eigenvalue weighted by Crippen LogP contribution is 2.20. The molecule has 0 spiro atoms. The van der Waals surface area contributed by atoms with Crippen molar-refractivity contribution in [3.8, 4) is 0 Å². The number of pyridine rings is 1. The van der Waals surface area contributed by atoms with E-state index < -0.39 is 0 Å². The Hall–Kier alpha value is -1.66. The molecule has 2 heterocycles. The topological polar surface area (TPSA) is 71.5 Å². The number of carbonyl (C=O) groups excluding carboxylic acids is 2. The second-order valence-corrected chi connectivity index (χ2v) is 6.02. The van der Waals surface area contributed by atoms with Crippen LogP contribution >= 0.6 is 12.4 Å². The Labute approximate surface area is 149 Å². The average Bonchev–Trinajstić information content (AvgIpc) is 2.58. The van der Waals surface area contributed by atoms with Crippen molar-refractivity contribution in [2.75, 3.05) is 20.2 Å². The van der Waals surface area contributed by atoms with Crippen LogP contribution in [-0.4, -0.2) is 48.0 Å². The molecule has 2 rings (SSSR count). The smallest absolute Gasteiger partial charge is 0.307 e. The number of rotatable bonds is 6. The second kappa shape index (κ2) is 10.3. The third-order valence-corrected chi connectivity index (χ3v) is 4.22. The molecule has 0 unspecified atom stereocenters. The van der Waals surface area contributed by atoms with Gasteiger partial charge in [0.05, 0.1) is 13.5 Å². The first-order chi connectivity index (χ1) is 11.1. The Morgan fingerprint density at radius 2 is 2.08 bits per heavy atom. The summed E-state index contributed by atoms with van der Waals surface area (Å²) >= 11 is 0. The standard InChI is InChI=1S/C17H25N3O3.ClH/c1-13-11-15(5-9-19-13)17(22)20(10-6-16(21)23-2)12-14-3-7-18-8-4-14;/h3-4,7-8,13,15,19H,5-6,9-12H2,1-2H3;1H/t13-,15-;/m0./s1. The number of halogens is 1. The van der Waals surface area contributed by atoms with Crippen molar-refractivity contribution in [2.24, 2.45) is 5.92 Å². The number of methoxy groups -OCH3 is 1. The third-order valence-electron chi connectivity index (χ3n) is 4.22. The van der Waals surface area contributed by atoms with Gasteiger partial charge in [0.1, 0.15) is 0 Å². The number of nitrogens with zero attached hydrogens (tertiary/aromatic N) is 2. The van der Waals surface area contributed by atoms with Crippen molar-refractivity contribution in [1.29, 1.82) is 0 Å². The van der Waals surface area contributed by atoms with Gasteiger partial charge in [0.25, 0.3) is 0 Å². The average molecular weight is 356 g/mol. The molecule has 1 aliphatic rings. The summed E-state index contributed by atoms with van der Waals surface area (Å²) in [5, 5.41) is 3.36. The lowest BCUT2D eigenvalue weighted by Gasteiger charge is -2.32. The summed E-state index contributed by atoms with van der Waals surface area (Å²) in [6.07, 6.45) is 5.32. The third kappa shape index (κ3) is 6.09. The fraction of sp³-hybridized carbons (Fsp3) is 0.588. The minimum absolute atomic E-state index is 0. The number of esters is 1. The highest BCUT2D eigenvalue weighted by Gasteiger charge is 2.28. The lowest BCUT2D eigenvalue weighted by molar-refractivity contribution is -0.143. The Morgan fingerprint density at radius 3 is 2.71 bits per heavy atom. The van der Waals surface area contributed by atoms with Crippen LogP contribution in [0, 0.1) is 5.92 Å². The van der Waals surface area contributed by atoms with E-state index >= 15 is 0 Å². The maximum Gasteiger partial charge on any atom is 0.307 e. The number of carbonyl (C=O) groups is 2. The maximum atomic E-state index is 12.9. The van der Waals surface area contributed by atoms with E-state index in [4.69, 9.17) is 4.74 Å². The quantitative estimate of drug-likeness (QED) is 0.787. The van der Waals surface area contributed by atoms with Crippen molar-refractivity contribution >= 4 is 24.3 Å². The Bertz CT molecular complexity index is 527. The molecular formula is C17H26ClN3O3. The van der Waals surface area contributed by atoms with Crippen LogP contribution in [0.4, 0.5) is 0 Å². The highest BCUT2D eigenvalue weighted by atomic mass is 35.5. The molecule has 7 heteroatoms. The summed E-state index contributed by atoms with van der Waals surface area (Å²) in [5.74, 6) is -0.152. The maximum absolute atomic E-state index is 12.9. The molecule has 1 N–H and O–H groups in total. The van der Waals surface area contributed by atoms with Crippen LogP contribution in [0.3, 0.4) is 0 Å². The van der Waals surface area contributed by atoms with Crippen molar-refractivity contribution in [3.63, 3.8) is 0 Å². The summed E-state index contributed by atoms with van der Waals surface area (Å²) in [6.45, 7) is 3.83. The predicted molar refractivity (Wildman–Crippen MR) is 93.7 cm³/mol. The summed E-state index contributed by atoms with van der Waals surface area (Å²) in [7, 11) is 1.37. The molecule has 2 atom stereocenters. The summed E-state index contributed by atoms with van der Waals surface area (Å²) in [5.41, 5.74) is 1.01. The summed E-state index contributed by atoms with van der Waals surface area (Å²) in [4.78, 5) is 30.1. The number of nitrogens with one attached hydrogen (secondary N) is 1. The molecule has 24 heavy (non-hydrogen) atoms. The number of piperidine rings is 1. The Balaban J connectivity index is 0.00000288. The zero-order chi connectivity index (χ0) is 16.7. The number of hydrogen-bond donors (Lipinski definition) is 1. The first kappa shape index (κ1) is 20.4. The lowest BCUT2D eigenvalue weighted by Crippen LogP contribution is -2.44. The first-order valence-corrected chi connectivity index (χ1v) is 8.08. The van der Waals surface area contributed by atoms with Gasteiger partial charge in [-0.15, -0.1) is 12.4 Å². The van der Waals surface area contributed by atoms with Gasteiger partial charge in [0, 0.05) is 37.4 Å². The van der Waals surface area contributed by atoms with E-state index in [0.717, 1.165) is 24.9 Å². The molecule has 0 saturated carbocycles. The highest BCUT2D eigenvalue weighted by molar-refractivity contribution is 5.85. The molecule has 0 aromatic carbocycles. The van der Waals surface area contributed by atoms with E-state index in [0.29, 0.717) is 19.1 Å². The van der Waals surface area contributed by atoms with Crippen LogP contribution in [0.2, 0.25) is 0 Å². The van der Waals surface area contributed by atoms with Crippen LogP contribution in [0.5, 0.6) is 0 Å². The SMILES string of the molecule is COC(=O)CCN(Cc1ccncc1)C(=O)[C@H]1CCN[C@@H](C)C1.Cl. The van der Waals surface area contributed by atoms with Crippen molar-refractivity contribution in [3.05, 3.63) is 30.1 Å². The summed E-state index contributed by atoms with van der Waals surface area (Å²) in [6, 6.07) is 4.13. The Morgan fingerprint density at radius 1 is 1.38 bits per heavy atom. The number of aromatic nitrogens is 1. The van der Waals surface area contributed by atoms with Crippen LogP contribution in [0.1, 0.15) is 31.7 Å². The predicted octanol–water partition coefficient (Wildman–Crippen LogP) is 1.78. The van der Waals surface area contributed by atoms with Gasteiger partial charge in [0.15, 0.2) is 0 Å². The van der Waals surface area contributed by atoms with Crippen LogP contribution < -0.4 is 5.32 Å². The molecule has 1 aliphatic heterocycles. The van der Waals surface area contributed by atoms with E-state index in [2.05, 4.69) is 17.2 Å². The monoisotopic (exact) mass is 355 g/mol. The minimum Gasteiger partial charge on any atom is -0.469 e. The molecule has 1 saturated heterocycles. The van der Waals surface area contributed by atoms with E-state index in [9.17, 15) is 9.59 Å².